The van der Waals surface area contributed by atoms with Crippen LogP contribution in [0.4, 0.5) is 21.6 Å². The smallest absolute Gasteiger partial charge is 0.146 e. The maximum atomic E-state index is 13.8. The van der Waals surface area contributed by atoms with Gasteiger partial charge in [0.1, 0.15) is 11.6 Å². The highest BCUT2D eigenvalue weighted by molar-refractivity contribution is 5.69. The minimum absolute atomic E-state index is 0.262. The van der Waals surface area contributed by atoms with Gasteiger partial charge in [0, 0.05) is 24.3 Å². The van der Waals surface area contributed by atoms with Crippen LogP contribution in [0.15, 0.2) is 66.7 Å². The fourth-order valence-corrected chi connectivity index (χ4v) is 3.18. The van der Waals surface area contributed by atoms with E-state index in [0.29, 0.717) is 5.69 Å². The molecule has 2 aromatic carbocycles. The summed E-state index contributed by atoms with van der Waals surface area (Å²) >= 11 is 0. The van der Waals surface area contributed by atoms with Gasteiger partial charge in [0.25, 0.3) is 0 Å². The number of aromatic nitrogens is 1. The predicted molar refractivity (Wildman–Crippen MR) is 101 cm³/mol. The zero-order chi connectivity index (χ0) is 17.1. The van der Waals surface area contributed by atoms with Gasteiger partial charge in [-0.3, -0.25) is 0 Å². The van der Waals surface area contributed by atoms with E-state index in [1.165, 1.54) is 18.9 Å². The van der Waals surface area contributed by atoms with Crippen molar-refractivity contribution in [2.45, 2.75) is 12.8 Å². The third kappa shape index (κ3) is 3.48. The number of hydrogen-bond donors (Lipinski definition) is 1. The van der Waals surface area contributed by atoms with E-state index in [9.17, 15) is 4.39 Å². The number of rotatable bonds is 4. The average Bonchev–Trinajstić information content (AvgIpc) is 3.19. The number of hydrogen-bond acceptors (Lipinski definition) is 3. The normalized spacial score (nSPS) is 13.9. The highest BCUT2D eigenvalue weighted by Crippen LogP contribution is 2.27. The molecule has 4 heteroatoms. The Morgan fingerprint density at radius 1 is 0.880 bits per heavy atom. The molecule has 0 amide bonds. The number of nitrogens with zero attached hydrogens (tertiary/aromatic N) is 2. The number of pyridine rings is 1. The van der Waals surface area contributed by atoms with Crippen molar-refractivity contribution in [3.05, 3.63) is 72.5 Å². The molecule has 1 N–H and O–H groups in total. The molecule has 1 aromatic heterocycles. The lowest BCUT2D eigenvalue weighted by molar-refractivity contribution is 0.632. The quantitative estimate of drug-likeness (QED) is 0.708. The van der Waals surface area contributed by atoms with Gasteiger partial charge < -0.3 is 10.2 Å². The summed E-state index contributed by atoms with van der Waals surface area (Å²) in [7, 11) is 0. The third-order valence-electron chi connectivity index (χ3n) is 4.48. The largest absolute Gasteiger partial charge is 0.357 e. The number of halogens is 1. The fourth-order valence-electron chi connectivity index (χ4n) is 3.18. The summed E-state index contributed by atoms with van der Waals surface area (Å²) in [4.78, 5) is 7.14. The van der Waals surface area contributed by atoms with E-state index in [2.05, 4.69) is 16.3 Å². The standard InChI is InChI=1S/C21H20FN3/c22-18-9-1-2-10-20(18)23-17-8-5-7-16(15-17)19-11-6-12-21(24-19)25-13-3-4-14-25/h1-2,5-12,15,23H,3-4,13-14H2. The summed E-state index contributed by atoms with van der Waals surface area (Å²) in [6.07, 6.45) is 2.46. The predicted octanol–water partition coefficient (Wildman–Crippen LogP) is 5.23. The molecule has 1 fully saturated rings. The molecule has 0 radical (unpaired) electrons. The molecule has 0 unspecified atom stereocenters. The van der Waals surface area contributed by atoms with Crippen molar-refractivity contribution < 1.29 is 4.39 Å². The average molecular weight is 333 g/mol. The first-order chi connectivity index (χ1) is 12.3. The molecular weight excluding hydrogens is 313 g/mol. The lowest BCUT2D eigenvalue weighted by atomic mass is 10.1. The number of benzene rings is 2. The van der Waals surface area contributed by atoms with Crippen LogP contribution in [-0.2, 0) is 0 Å². The molecule has 126 valence electrons. The minimum atomic E-state index is -0.262. The summed E-state index contributed by atoms with van der Waals surface area (Å²) in [6, 6.07) is 20.7. The number of para-hydroxylation sites is 1. The van der Waals surface area contributed by atoms with Crippen LogP contribution in [0.25, 0.3) is 11.3 Å². The lowest BCUT2D eigenvalue weighted by Crippen LogP contribution is -2.18. The van der Waals surface area contributed by atoms with Gasteiger partial charge in [-0.15, -0.1) is 0 Å². The van der Waals surface area contributed by atoms with Crippen LogP contribution < -0.4 is 10.2 Å². The summed E-state index contributed by atoms with van der Waals surface area (Å²) in [5.74, 6) is 0.768. The zero-order valence-electron chi connectivity index (χ0n) is 14.0. The van der Waals surface area contributed by atoms with E-state index in [4.69, 9.17) is 4.98 Å². The zero-order valence-corrected chi connectivity index (χ0v) is 14.0. The summed E-state index contributed by atoms with van der Waals surface area (Å²) in [6.45, 7) is 2.15. The Kier molecular flexibility index (Phi) is 4.34. The molecule has 0 atom stereocenters. The van der Waals surface area contributed by atoms with Crippen molar-refractivity contribution in [2.24, 2.45) is 0 Å². The van der Waals surface area contributed by atoms with E-state index in [0.717, 1.165) is 35.9 Å². The topological polar surface area (TPSA) is 28.2 Å². The number of anilines is 3. The van der Waals surface area contributed by atoms with Crippen LogP contribution >= 0.6 is 0 Å². The second kappa shape index (κ2) is 6.93. The maximum Gasteiger partial charge on any atom is 0.146 e. The lowest BCUT2D eigenvalue weighted by Gasteiger charge is -2.17. The molecule has 2 heterocycles. The molecule has 25 heavy (non-hydrogen) atoms. The van der Waals surface area contributed by atoms with Crippen LogP contribution in [0.1, 0.15) is 12.8 Å². The minimum Gasteiger partial charge on any atom is -0.357 e. The van der Waals surface area contributed by atoms with Crippen LogP contribution in [0.2, 0.25) is 0 Å². The van der Waals surface area contributed by atoms with Crippen molar-refractivity contribution in [3.63, 3.8) is 0 Å². The highest BCUT2D eigenvalue weighted by atomic mass is 19.1. The molecule has 0 spiro atoms. The Morgan fingerprint density at radius 2 is 1.68 bits per heavy atom. The van der Waals surface area contributed by atoms with Gasteiger partial charge in [0.15, 0.2) is 0 Å². The Morgan fingerprint density at radius 3 is 2.52 bits per heavy atom. The van der Waals surface area contributed by atoms with Crippen molar-refractivity contribution in [1.82, 2.24) is 4.98 Å². The van der Waals surface area contributed by atoms with Crippen LogP contribution in [0, 0.1) is 5.82 Å². The Balaban J connectivity index is 1.61. The van der Waals surface area contributed by atoms with Gasteiger partial charge in [-0.05, 0) is 49.2 Å². The Hall–Kier alpha value is -2.88. The van der Waals surface area contributed by atoms with Crippen LogP contribution in [-0.4, -0.2) is 18.1 Å². The van der Waals surface area contributed by atoms with Gasteiger partial charge in [0.2, 0.25) is 0 Å². The summed E-state index contributed by atoms with van der Waals surface area (Å²) < 4.78 is 13.8. The SMILES string of the molecule is Fc1ccccc1Nc1cccc(-c2cccc(N3CCCC3)n2)c1. The van der Waals surface area contributed by atoms with E-state index >= 15 is 0 Å². The summed E-state index contributed by atoms with van der Waals surface area (Å²) in [5.41, 5.74) is 3.26. The van der Waals surface area contributed by atoms with Gasteiger partial charge in [-0.2, -0.15) is 0 Å². The van der Waals surface area contributed by atoms with E-state index in [1.807, 2.05) is 42.5 Å². The Bertz CT molecular complexity index is 872. The van der Waals surface area contributed by atoms with Crippen molar-refractivity contribution in [2.75, 3.05) is 23.3 Å². The van der Waals surface area contributed by atoms with Gasteiger partial charge in [0.05, 0.1) is 11.4 Å². The number of nitrogens with one attached hydrogen (secondary N) is 1. The molecule has 1 saturated heterocycles. The molecule has 3 nitrogen and oxygen atoms in total. The summed E-state index contributed by atoms with van der Waals surface area (Å²) in [5, 5.41) is 3.14. The molecule has 0 aliphatic carbocycles. The Labute approximate surface area is 147 Å². The molecule has 0 saturated carbocycles. The first kappa shape index (κ1) is 15.6. The first-order valence-corrected chi connectivity index (χ1v) is 8.63. The molecule has 4 rings (SSSR count). The maximum absolute atomic E-state index is 13.8. The van der Waals surface area contributed by atoms with E-state index < -0.39 is 0 Å². The first-order valence-electron chi connectivity index (χ1n) is 8.63. The molecule has 1 aliphatic rings. The molecule has 3 aromatic rings. The molecule has 0 bridgehead atoms. The highest BCUT2D eigenvalue weighted by Gasteiger charge is 2.14. The second-order valence-electron chi connectivity index (χ2n) is 6.26. The second-order valence-corrected chi connectivity index (χ2v) is 6.26. The van der Waals surface area contributed by atoms with Crippen molar-refractivity contribution in [3.8, 4) is 11.3 Å². The van der Waals surface area contributed by atoms with Gasteiger partial charge in [-0.25, -0.2) is 9.37 Å². The molecule has 1 aliphatic heterocycles. The van der Waals surface area contributed by atoms with Crippen LogP contribution in [0.3, 0.4) is 0 Å². The van der Waals surface area contributed by atoms with E-state index in [-0.39, 0.29) is 5.82 Å². The third-order valence-corrected chi connectivity index (χ3v) is 4.48. The van der Waals surface area contributed by atoms with Gasteiger partial charge in [-0.1, -0.05) is 30.3 Å². The monoisotopic (exact) mass is 333 g/mol. The fraction of sp³-hybridized carbons (Fsp3) is 0.190. The van der Waals surface area contributed by atoms with Crippen LogP contribution in [0.5, 0.6) is 0 Å². The van der Waals surface area contributed by atoms with Gasteiger partial charge >= 0.3 is 0 Å². The van der Waals surface area contributed by atoms with E-state index in [1.54, 1.807) is 12.1 Å². The van der Waals surface area contributed by atoms with Crippen molar-refractivity contribution in [1.29, 1.82) is 0 Å². The van der Waals surface area contributed by atoms with Crippen molar-refractivity contribution >= 4 is 17.2 Å². The molecular formula is C21H20FN3.